The van der Waals surface area contributed by atoms with Gasteiger partial charge in [-0.2, -0.15) is 0 Å². The van der Waals surface area contributed by atoms with Crippen LogP contribution in [0.15, 0.2) is 40.9 Å². The Morgan fingerprint density at radius 2 is 1.94 bits per heavy atom. The maximum atomic E-state index is 5.73. The van der Waals surface area contributed by atoms with Gasteiger partial charge in [-0.15, -0.1) is 0 Å². The Labute approximate surface area is 123 Å². The molecule has 0 aliphatic rings. The Morgan fingerprint density at radius 3 is 2.59 bits per heavy atom. The van der Waals surface area contributed by atoms with E-state index in [1.165, 1.54) is 3.57 Å². The van der Waals surface area contributed by atoms with E-state index in [0.29, 0.717) is 0 Å². The van der Waals surface area contributed by atoms with Crippen LogP contribution >= 0.6 is 38.5 Å². The number of benzene rings is 2. The molecule has 0 aromatic heterocycles. The zero-order valence-corrected chi connectivity index (χ0v) is 13.0. The van der Waals surface area contributed by atoms with Crippen molar-refractivity contribution in [3.63, 3.8) is 0 Å². The number of anilines is 3. The topological polar surface area (TPSA) is 38.0 Å². The summed E-state index contributed by atoms with van der Waals surface area (Å²) in [5.74, 6) is 0. The Kier molecular flexibility index (Phi) is 3.93. The number of rotatable bonds is 2. The van der Waals surface area contributed by atoms with Crippen molar-refractivity contribution in [1.82, 2.24) is 0 Å². The first kappa shape index (κ1) is 12.7. The quantitative estimate of drug-likeness (QED) is 0.565. The van der Waals surface area contributed by atoms with E-state index in [1.54, 1.807) is 0 Å². The van der Waals surface area contributed by atoms with Gasteiger partial charge in [-0.1, -0.05) is 0 Å². The number of nitrogens with two attached hydrogens (primary N) is 1. The van der Waals surface area contributed by atoms with E-state index in [4.69, 9.17) is 5.73 Å². The van der Waals surface area contributed by atoms with Crippen LogP contribution in [0, 0.1) is 10.5 Å². The van der Waals surface area contributed by atoms with Crippen molar-refractivity contribution in [2.24, 2.45) is 0 Å². The van der Waals surface area contributed by atoms with E-state index < -0.39 is 0 Å². The van der Waals surface area contributed by atoms with Gasteiger partial charge in [-0.25, -0.2) is 0 Å². The van der Waals surface area contributed by atoms with Gasteiger partial charge in [0.2, 0.25) is 0 Å². The maximum Gasteiger partial charge on any atom is 0.0415 e. The number of hydrogen-bond acceptors (Lipinski definition) is 2. The number of nitrogens with one attached hydrogen (secondary N) is 1. The second-order valence-electron chi connectivity index (χ2n) is 3.83. The maximum absolute atomic E-state index is 5.73. The molecule has 2 aromatic rings. The smallest absolute Gasteiger partial charge is 0.0415 e. The second kappa shape index (κ2) is 5.27. The molecule has 2 nitrogen and oxygen atoms in total. The molecule has 0 atom stereocenters. The Morgan fingerprint density at radius 1 is 1.18 bits per heavy atom. The molecule has 0 unspecified atom stereocenters. The molecule has 0 amide bonds. The van der Waals surface area contributed by atoms with Crippen LogP contribution in [-0.4, -0.2) is 0 Å². The van der Waals surface area contributed by atoms with E-state index in [2.05, 4.69) is 49.9 Å². The van der Waals surface area contributed by atoms with Gasteiger partial charge in [0.1, 0.15) is 0 Å². The highest BCUT2D eigenvalue weighted by atomic mass is 127. The van der Waals surface area contributed by atoms with Crippen LogP contribution in [0.25, 0.3) is 0 Å². The van der Waals surface area contributed by atoms with Crippen LogP contribution in [0.5, 0.6) is 0 Å². The van der Waals surface area contributed by atoms with Gasteiger partial charge in [-0.05, 0) is 87.4 Å². The van der Waals surface area contributed by atoms with Crippen molar-refractivity contribution in [3.8, 4) is 0 Å². The highest BCUT2D eigenvalue weighted by Crippen LogP contribution is 2.26. The van der Waals surface area contributed by atoms with Gasteiger partial charge in [0, 0.05) is 25.1 Å². The van der Waals surface area contributed by atoms with Gasteiger partial charge in [0.15, 0.2) is 0 Å². The van der Waals surface area contributed by atoms with Crippen LogP contribution in [0.1, 0.15) is 5.56 Å². The molecule has 0 bridgehead atoms. The summed E-state index contributed by atoms with van der Waals surface area (Å²) in [7, 11) is 0. The summed E-state index contributed by atoms with van der Waals surface area (Å²) in [4.78, 5) is 0. The summed E-state index contributed by atoms with van der Waals surface area (Å²) in [5.41, 5.74) is 9.82. The molecule has 0 radical (unpaired) electrons. The van der Waals surface area contributed by atoms with Gasteiger partial charge in [0.05, 0.1) is 0 Å². The first-order valence-corrected chi connectivity index (χ1v) is 7.01. The minimum atomic E-state index is 0.790. The third-order valence-electron chi connectivity index (χ3n) is 2.45. The van der Waals surface area contributed by atoms with Crippen LogP contribution < -0.4 is 11.1 Å². The Hall–Kier alpha value is -0.750. The van der Waals surface area contributed by atoms with Crippen LogP contribution in [0.4, 0.5) is 17.1 Å². The predicted octanol–water partition coefficient (Wildman–Crippen LogP) is 4.69. The molecule has 0 fully saturated rings. The fraction of sp³-hybridized carbons (Fsp3) is 0.0769. The number of hydrogen-bond donors (Lipinski definition) is 2. The Bertz CT molecular complexity index is 555. The number of nitrogen functional groups attached to an aromatic ring is 1. The normalized spacial score (nSPS) is 10.3. The first-order chi connectivity index (χ1) is 8.06. The average molecular weight is 403 g/mol. The van der Waals surface area contributed by atoms with Crippen molar-refractivity contribution in [1.29, 1.82) is 0 Å². The lowest BCUT2D eigenvalue weighted by Gasteiger charge is -2.11. The third-order valence-corrected chi connectivity index (χ3v) is 4.77. The molecule has 0 spiro atoms. The van der Waals surface area contributed by atoms with Crippen LogP contribution in [-0.2, 0) is 0 Å². The Balaban J connectivity index is 2.28. The van der Waals surface area contributed by atoms with Crippen molar-refractivity contribution < 1.29 is 0 Å². The van der Waals surface area contributed by atoms with Crippen LogP contribution in [0.3, 0.4) is 0 Å². The monoisotopic (exact) mass is 402 g/mol. The van der Waals surface area contributed by atoms with Crippen molar-refractivity contribution in [3.05, 3.63) is 50.0 Å². The SMILES string of the molecule is Cc1cc(N)ccc1Nc1ccc(Br)c(I)c1. The zero-order chi connectivity index (χ0) is 12.4. The molecule has 0 saturated heterocycles. The first-order valence-electron chi connectivity index (χ1n) is 5.14. The molecule has 0 aliphatic heterocycles. The lowest BCUT2D eigenvalue weighted by atomic mass is 10.1. The summed E-state index contributed by atoms with van der Waals surface area (Å²) in [6.07, 6.45) is 0. The number of halogens is 2. The molecule has 0 heterocycles. The fourth-order valence-corrected chi connectivity index (χ4v) is 2.32. The average Bonchev–Trinajstić information content (AvgIpc) is 2.27. The van der Waals surface area contributed by atoms with Crippen LogP contribution in [0.2, 0.25) is 0 Å². The molecule has 4 heteroatoms. The van der Waals surface area contributed by atoms with E-state index in [1.807, 2.05) is 37.3 Å². The van der Waals surface area contributed by atoms with Crippen molar-refractivity contribution in [2.45, 2.75) is 6.92 Å². The summed E-state index contributed by atoms with van der Waals surface area (Å²) < 4.78 is 2.29. The predicted molar refractivity (Wildman–Crippen MR) is 85.7 cm³/mol. The van der Waals surface area contributed by atoms with E-state index in [9.17, 15) is 0 Å². The lowest BCUT2D eigenvalue weighted by Crippen LogP contribution is -1.95. The summed E-state index contributed by atoms with van der Waals surface area (Å²) in [5, 5.41) is 3.39. The molecule has 2 rings (SSSR count). The largest absolute Gasteiger partial charge is 0.399 e. The minimum absolute atomic E-state index is 0.790. The van der Waals surface area contributed by atoms with Crippen molar-refractivity contribution in [2.75, 3.05) is 11.1 Å². The minimum Gasteiger partial charge on any atom is -0.399 e. The summed E-state index contributed by atoms with van der Waals surface area (Å²) in [6, 6.07) is 12.0. The second-order valence-corrected chi connectivity index (χ2v) is 5.84. The summed E-state index contributed by atoms with van der Waals surface area (Å²) in [6.45, 7) is 2.04. The molecular formula is C13H12BrIN2. The summed E-state index contributed by atoms with van der Waals surface area (Å²) >= 11 is 5.79. The highest BCUT2D eigenvalue weighted by molar-refractivity contribution is 14.1. The third kappa shape index (κ3) is 3.13. The molecule has 0 aliphatic carbocycles. The molecule has 17 heavy (non-hydrogen) atoms. The van der Waals surface area contributed by atoms with Gasteiger partial charge < -0.3 is 11.1 Å². The van der Waals surface area contributed by atoms with Gasteiger partial charge in [-0.3, -0.25) is 0 Å². The molecule has 0 saturated carbocycles. The molecule has 3 N–H and O–H groups in total. The molecule has 2 aromatic carbocycles. The highest BCUT2D eigenvalue weighted by Gasteiger charge is 2.01. The lowest BCUT2D eigenvalue weighted by molar-refractivity contribution is 1.42. The van der Waals surface area contributed by atoms with Gasteiger partial charge >= 0.3 is 0 Å². The van der Waals surface area contributed by atoms with Gasteiger partial charge in [0.25, 0.3) is 0 Å². The van der Waals surface area contributed by atoms with E-state index in [0.717, 1.165) is 27.1 Å². The number of aryl methyl sites for hydroxylation is 1. The fourth-order valence-electron chi connectivity index (χ4n) is 1.56. The molecular weight excluding hydrogens is 391 g/mol. The molecule has 88 valence electrons. The van der Waals surface area contributed by atoms with E-state index >= 15 is 0 Å². The van der Waals surface area contributed by atoms with Crippen molar-refractivity contribution >= 4 is 55.6 Å². The zero-order valence-electron chi connectivity index (χ0n) is 9.30. The van der Waals surface area contributed by atoms with E-state index in [-0.39, 0.29) is 0 Å². The standard InChI is InChI=1S/C13H12BrIN2/c1-8-6-9(16)2-5-13(8)17-10-3-4-11(14)12(15)7-10/h2-7,17H,16H2,1H3.